The Bertz CT molecular complexity index is 618. The molecule has 0 saturated carbocycles. The fourth-order valence-corrected chi connectivity index (χ4v) is 2.96. The molecule has 1 unspecified atom stereocenters. The molecule has 1 aliphatic heterocycles. The maximum atomic E-state index is 6.57. The van der Waals surface area contributed by atoms with E-state index in [9.17, 15) is 0 Å². The molecule has 0 aromatic heterocycles. The smallest absolute Gasteiger partial charge is 0.161 e. The normalized spacial score (nSPS) is 14.9. The molecule has 1 heterocycles. The number of halogens is 1. The molecule has 0 N–H and O–H groups in total. The molecule has 3 nitrogen and oxygen atoms in total. The molecule has 0 bridgehead atoms. The van der Waals surface area contributed by atoms with Crippen molar-refractivity contribution in [2.45, 2.75) is 11.9 Å². The summed E-state index contributed by atoms with van der Waals surface area (Å²) in [6, 6.07) is 16.3. The maximum absolute atomic E-state index is 6.57. The number of alkyl halides is 1. The van der Waals surface area contributed by atoms with Gasteiger partial charge in [0.15, 0.2) is 11.5 Å². The minimum Gasteiger partial charge on any atom is -0.486 e. The Labute approximate surface area is 136 Å². The van der Waals surface area contributed by atoms with Crippen LogP contribution in [0.3, 0.4) is 0 Å². The van der Waals surface area contributed by atoms with Crippen molar-refractivity contribution >= 4 is 11.6 Å². The van der Waals surface area contributed by atoms with E-state index in [2.05, 4.69) is 36.2 Å². The van der Waals surface area contributed by atoms with Crippen LogP contribution in [0.5, 0.6) is 11.5 Å². The van der Waals surface area contributed by atoms with E-state index in [0.717, 1.165) is 30.2 Å². The lowest BCUT2D eigenvalue weighted by Crippen LogP contribution is -2.22. The van der Waals surface area contributed by atoms with Crippen LogP contribution in [0.1, 0.15) is 16.5 Å². The maximum Gasteiger partial charge on any atom is 0.161 e. The Hall–Kier alpha value is -1.71. The van der Waals surface area contributed by atoms with Crippen LogP contribution < -0.4 is 9.47 Å². The monoisotopic (exact) mass is 317 g/mol. The Morgan fingerprint density at radius 3 is 2.55 bits per heavy atom. The van der Waals surface area contributed by atoms with Crippen LogP contribution in [0.15, 0.2) is 48.5 Å². The molecule has 3 rings (SSSR count). The summed E-state index contributed by atoms with van der Waals surface area (Å²) in [6.45, 7) is 2.86. The van der Waals surface area contributed by atoms with E-state index >= 15 is 0 Å². The molecule has 0 spiro atoms. The van der Waals surface area contributed by atoms with Gasteiger partial charge in [0, 0.05) is 13.1 Å². The predicted molar refractivity (Wildman–Crippen MR) is 88.8 cm³/mol. The molecule has 0 fully saturated rings. The largest absolute Gasteiger partial charge is 0.486 e. The lowest BCUT2D eigenvalue weighted by atomic mass is 10.1. The molecular weight excluding hydrogens is 298 g/mol. The van der Waals surface area contributed by atoms with Crippen LogP contribution >= 0.6 is 11.6 Å². The summed E-state index contributed by atoms with van der Waals surface area (Å²) in [5.41, 5.74) is 2.35. The number of likely N-dealkylation sites (N-methyl/N-ethyl adjacent to an activating group) is 1. The minimum absolute atomic E-state index is 0.0791. The van der Waals surface area contributed by atoms with Crippen molar-refractivity contribution in [2.24, 2.45) is 0 Å². The number of hydrogen-bond donors (Lipinski definition) is 0. The molecule has 2 aromatic rings. The fraction of sp³-hybridized carbons (Fsp3) is 0.333. The molecule has 0 aliphatic carbocycles. The Kier molecular flexibility index (Phi) is 4.86. The van der Waals surface area contributed by atoms with Gasteiger partial charge >= 0.3 is 0 Å². The van der Waals surface area contributed by atoms with E-state index in [1.165, 1.54) is 5.56 Å². The SMILES string of the molecule is CN(Cc1ccccc1)CC(Cl)c1ccc2c(c1)OCCO2. The topological polar surface area (TPSA) is 21.7 Å². The number of fused-ring (bicyclic) bond motifs is 1. The molecule has 1 aliphatic rings. The lowest BCUT2D eigenvalue weighted by molar-refractivity contribution is 0.171. The highest BCUT2D eigenvalue weighted by Crippen LogP contribution is 2.34. The number of hydrogen-bond acceptors (Lipinski definition) is 3. The average molecular weight is 318 g/mol. The van der Waals surface area contributed by atoms with Gasteiger partial charge in [0.05, 0.1) is 5.38 Å². The summed E-state index contributed by atoms with van der Waals surface area (Å²) >= 11 is 6.57. The summed E-state index contributed by atoms with van der Waals surface area (Å²) in [4.78, 5) is 2.23. The van der Waals surface area contributed by atoms with Crippen LogP contribution in [0, 0.1) is 0 Å². The van der Waals surface area contributed by atoms with Crippen LogP contribution in [-0.4, -0.2) is 31.7 Å². The van der Waals surface area contributed by atoms with E-state index in [0.29, 0.717) is 13.2 Å². The Morgan fingerprint density at radius 1 is 1.05 bits per heavy atom. The van der Waals surface area contributed by atoms with E-state index in [1.54, 1.807) is 0 Å². The van der Waals surface area contributed by atoms with E-state index in [-0.39, 0.29) is 5.38 Å². The highest BCUT2D eigenvalue weighted by atomic mass is 35.5. The van der Waals surface area contributed by atoms with Crippen molar-refractivity contribution < 1.29 is 9.47 Å². The van der Waals surface area contributed by atoms with Gasteiger partial charge in [0.1, 0.15) is 13.2 Å². The van der Waals surface area contributed by atoms with E-state index < -0.39 is 0 Å². The summed E-state index contributed by atoms with van der Waals surface area (Å²) < 4.78 is 11.2. The summed E-state index contributed by atoms with van der Waals surface area (Å²) in [5.74, 6) is 1.59. The van der Waals surface area contributed by atoms with Crippen molar-refractivity contribution in [2.75, 3.05) is 26.8 Å². The first kappa shape index (κ1) is 15.2. The van der Waals surface area contributed by atoms with Crippen molar-refractivity contribution in [3.63, 3.8) is 0 Å². The second-order valence-electron chi connectivity index (χ2n) is 5.55. The third-order valence-corrected chi connectivity index (χ3v) is 4.09. The van der Waals surface area contributed by atoms with Gasteiger partial charge in [0.2, 0.25) is 0 Å². The zero-order chi connectivity index (χ0) is 15.4. The zero-order valence-corrected chi connectivity index (χ0v) is 13.4. The second-order valence-corrected chi connectivity index (χ2v) is 6.08. The van der Waals surface area contributed by atoms with Gasteiger partial charge in [-0.25, -0.2) is 0 Å². The molecular formula is C18H20ClNO2. The van der Waals surface area contributed by atoms with Gasteiger partial charge in [-0.3, -0.25) is 0 Å². The highest BCUT2D eigenvalue weighted by Gasteiger charge is 2.16. The van der Waals surface area contributed by atoms with Gasteiger partial charge in [-0.05, 0) is 30.3 Å². The molecule has 0 saturated heterocycles. The van der Waals surface area contributed by atoms with Crippen LogP contribution in [0.4, 0.5) is 0 Å². The molecule has 0 amide bonds. The van der Waals surface area contributed by atoms with Crippen molar-refractivity contribution in [1.82, 2.24) is 4.90 Å². The van der Waals surface area contributed by atoms with Crippen LogP contribution in [-0.2, 0) is 6.54 Å². The fourth-order valence-electron chi connectivity index (χ4n) is 2.59. The number of benzene rings is 2. The van der Waals surface area contributed by atoms with Gasteiger partial charge < -0.3 is 14.4 Å². The van der Waals surface area contributed by atoms with Gasteiger partial charge in [-0.2, -0.15) is 0 Å². The Morgan fingerprint density at radius 2 is 1.77 bits per heavy atom. The first-order valence-corrected chi connectivity index (χ1v) is 7.92. The standard InChI is InChI=1S/C18H20ClNO2/c1-20(12-14-5-3-2-4-6-14)13-16(19)15-7-8-17-18(11-15)22-10-9-21-17/h2-8,11,16H,9-10,12-13H2,1H3. The van der Waals surface area contributed by atoms with Crippen molar-refractivity contribution in [3.05, 3.63) is 59.7 Å². The quantitative estimate of drug-likeness (QED) is 0.781. The van der Waals surface area contributed by atoms with Gasteiger partial charge in [-0.15, -0.1) is 11.6 Å². The van der Waals surface area contributed by atoms with E-state index in [1.807, 2.05) is 24.3 Å². The van der Waals surface area contributed by atoms with Gasteiger partial charge in [0.25, 0.3) is 0 Å². The summed E-state index contributed by atoms with van der Waals surface area (Å²) in [7, 11) is 2.08. The number of nitrogens with zero attached hydrogens (tertiary/aromatic N) is 1. The van der Waals surface area contributed by atoms with Crippen molar-refractivity contribution in [1.29, 1.82) is 0 Å². The second kappa shape index (κ2) is 7.03. The van der Waals surface area contributed by atoms with Crippen LogP contribution in [0.25, 0.3) is 0 Å². The first-order valence-electron chi connectivity index (χ1n) is 7.48. The highest BCUT2D eigenvalue weighted by molar-refractivity contribution is 6.21. The third kappa shape index (κ3) is 3.73. The van der Waals surface area contributed by atoms with Gasteiger partial charge in [-0.1, -0.05) is 36.4 Å². The number of ether oxygens (including phenoxy) is 2. The third-order valence-electron chi connectivity index (χ3n) is 3.70. The average Bonchev–Trinajstić information content (AvgIpc) is 2.55. The predicted octanol–water partition coefficient (Wildman–Crippen LogP) is 3.87. The molecule has 22 heavy (non-hydrogen) atoms. The Balaban J connectivity index is 1.62. The molecule has 2 aromatic carbocycles. The molecule has 116 valence electrons. The minimum atomic E-state index is -0.0791. The summed E-state index contributed by atoms with van der Waals surface area (Å²) in [6.07, 6.45) is 0. The van der Waals surface area contributed by atoms with E-state index in [4.69, 9.17) is 21.1 Å². The lowest BCUT2D eigenvalue weighted by Gasteiger charge is -2.23. The number of rotatable bonds is 5. The summed E-state index contributed by atoms with van der Waals surface area (Å²) in [5, 5.41) is -0.0791. The molecule has 0 radical (unpaired) electrons. The molecule has 4 heteroatoms. The molecule has 1 atom stereocenters. The van der Waals surface area contributed by atoms with Crippen LogP contribution in [0.2, 0.25) is 0 Å². The van der Waals surface area contributed by atoms with Crippen molar-refractivity contribution in [3.8, 4) is 11.5 Å². The first-order chi connectivity index (χ1) is 10.7. The zero-order valence-electron chi connectivity index (χ0n) is 12.7.